The third kappa shape index (κ3) is 5.56. The van der Waals surface area contributed by atoms with Gasteiger partial charge in [0.2, 0.25) is 5.96 Å². The van der Waals surface area contributed by atoms with E-state index in [1.54, 1.807) is 0 Å². The van der Waals surface area contributed by atoms with E-state index in [4.69, 9.17) is 17.4 Å². The fourth-order valence-corrected chi connectivity index (χ4v) is 1.48. The number of aliphatic imine (C=N–C) groups is 1. The number of hydrogen-bond donors (Lipinski definition) is 3. The van der Waals surface area contributed by atoms with Gasteiger partial charge in [-0.3, -0.25) is 10.4 Å². The molecule has 17 heavy (non-hydrogen) atoms. The van der Waals surface area contributed by atoms with Crippen molar-refractivity contribution in [2.45, 2.75) is 26.3 Å². The van der Waals surface area contributed by atoms with Gasteiger partial charge in [0, 0.05) is 17.6 Å². The van der Waals surface area contributed by atoms with E-state index >= 15 is 0 Å². The van der Waals surface area contributed by atoms with E-state index in [-0.39, 0.29) is 0 Å². The molecule has 0 fully saturated rings. The summed E-state index contributed by atoms with van der Waals surface area (Å²) in [6.45, 7) is 4.75. The number of rotatable bonds is 4. The molecule has 94 valence electrons. The maximum Gasteiger partial charge on any atom is 0.205 e. The molecule has 1 aromatic carbocycles. The predicted octanol–water partition coefficient (Wildman–Crippen LogP) is 1.70. The van der Waals surface area contributed by atoms with Crippen molar-refractivity contribution in [3.8, 4) is 0 Å². The summed E-state index contributed by atoms with van der Waals surface area (Å²) in [7, 11) is 0. The molecule has 0 saturated carbocycles. The van der Waals surface area contributed by atoms with E-state index in [0.29, 0.717) is 18.5 Å². The third-order valence-corrected chi connectivity index (χ3v) is 2.40. The highest BCUT2D eigenvalue weighted by atomic mass is 35.5. The summed E-state index contributed by atoms with van der Waals surface area (Å²) in [5.74, 6) is 5.98. The molecule has 0 radical (unpaired) electrons. The third-order valence-electron chi connectivity index (χ3n) is 2.15. The largest absolute Gasteiger partial charge is 0.353 e. The van der Waals surface area contributed by atoms with E-state index < -0.39 is 0 Å². The molecular formula is C12H19ClN4. The minimum absolute atomic E-state index is 0.306. The van der Waals surface area contributed by atoms with Crippen LogP contribution in [0.3, 0.4) is 0 Å². The van der Waals surface area contributed by atoms with E-state index in [9.17, 15) is 0 Å². The summed E-state index contributed by atoms with van der Waals surface area (Å²) in [4.78, 5) is 4.34. The summed E-state index contributed by atoms with van der Waals surface area (Å²) >= 11 is 5.81. The van der Waals surface area contributed by atoms with Crippen molar-refractivity contribution >= 4 is 17.6 Å². The average Bonchev–Trinajstić information content (AvgIpc) is 2.30. The number of nitrogens with two attached hydrogens (primary N) is 1. The van der Waals surface area contributed by atoms with Crippen LogP contribution >= 0.6 is 11.6 Å². The first kappa shape index (κ1) is 13.8. The molecule has 0 aliphatic rings. The topological polar surface area (TPSA) is 62.4 Å². The van der Waals surface area contributed by atoms with Crippen LogP contribution in [0.25, 0.3) is 0 Å². The summed E-state index contributed by atoms with van der Waals surface area (Å²) < 4.78 is 0. The molecule has 0 aliphatic carbocycles. The predicted molar refractivity (Wildman–Crippen MR) is 73.1 cm³/mol. The maximum absolute atomic E-state index is 5.81. The average molecular weight is 255 g/mol. The first-order valence-electron chi connectivity index (χ1n) is 5.64. The second-order valence-corrected chi connectivity index (χ2v) is 4.49. The summed E-state index contributed by atoms with van der Waals surface area (Å²) in [5, 5.41) is 3.87. The van der Waals surface area contributed by atoms with E-state index in [1.165, 1.54) is 5.56 Å². The van der Waals surface area contributed by atoms with Gasteiger partial charge >= 0.3 is 0 Å². The lowest BCUT2D eigenvalue weighted by molar-refractivity contribution is 0.702. The van der Waals surface area contributed by atoms with Crippen LogP contribution in [0.15, 0.2) is 29.3 Å². The molecule has 4 nitrogen and oxygen atoms in total. The van der Waals surface area contributed by atoms with Gasteiger partial charge < -0.3 is 5.32 Å². The van der Waals surface area contributed by atoms with Crippen LogP contribution < -0.4 is 16.6 Å². The number of hydrogen-bond acceptors (Lipinski definition) is 2. The molecule has 0 heterocycles. The number of halogens is 1. The zero-order chi connectivity index (χ0) is 12.7. The Hall–Kier alpha value is -1.26. The molecule has 0 amide bonds. The summed E-state index contributed by atoms with van der Waals surface area (Å²) in [5.41, 5.74) is 3.75. The van der Waals surface area contributed by atoms with Crippen molar-refractivity contribution in [3.05, 3.63) is 34.9 Å². The Labute approximate surface area is 107 Å². The zero-order valence-corrected chi connectivity index (χ0v) is 11.0. The van der Waals surface area contributed by atoms with Crippen molar-refractivity contribution in [2.75, 3.05) is 6.54 Å². The normalized spacial score (nSPS) is 11.7. The first-order valence-corrected chi connectivity index (χ1v) is 6.01. The fraction of sp³-hybridized carbons (Fsp3) is 0.417. The van der Waals surface area contributed by atoms with Crippen molar-refractivity contribution in [3.63, 3.8) is 0 Å². The molecule has 0 spiro atoms. The Balaban J connectivity index is 2.44. The molecule has 0 saturated heterocycles. The number of nitrogens with zero attached hydrogens (tertiary/aromatic N) is 1. The van der Waals surface area contributed by atoms with E-state index in [2.05, 4.69) is 15.7 Å². The second kappa shape index (κ2) is 7.14. The number of guanidine groups is 1. The van der Waals surface area contributed by atoms with Gasteiger partial charge in [0.25, 0.3) is 0 Å². The minimum Gasteiger partial charge on any atom is -0.353 e. The molecular weight excluding hydrogens is 236 g/mol. The van der Waals surface area contributed by atoms with Gasteiger partial charge in [-0.2, -0.15) is 0 Å². The summed E-state index contributed by atoms with van der Waals surface area (Å²) in [6, 6.07) is 8.08. The van der Waals surface area contributed by atoms with E-state index in [0.717, 1.165) is 11.4 Å². The highest BCUT2D eigenvalue weighted by Gasteiger charge is 1.98. The highest BCUT2D eigenvalue weighted by Crippen LogP contribution is 2.09. The Morgan fingerprint density at radius 1 is 1.35 bits per heavy atom. The van der Waals surface area contributed by atoms with Crippen molar-refractivity contribution in [2.24, 2.45) is 10.8 Å². The molecule has 0 bridgehead atoms. The van der Waals surface area contributed by atoms with Crippen LogP contribution in [0.5, 0.6) is 0 Å². The lowest BCUT2D eigenvalue weighted by Gasteiger charge is -2.11. The standard InChI is InChI=1S/C12H19ClN4/c1-9(2)16-12(17-14)15-8-7-10-3-5-11(13)6-4-10/h3-6,9H,7-8,14H2,1-2H3,(H2,15,16,17). The SMILES string of the molecule is CC(C)NC(=NCCc1ccc(Cl)cc1)NN. The van der Waals surface area contributed by atoms with Crippen LogP contribution in [0.2, 0.25) is 5.02 Å². The monoisotopic (exact) mass is 254 g/mol. The Bertz CT molecular complexity index is 359. The molecule has 1 aromatic rings. The highest BCUT2D eigenvalue weighted by molar-refractivity contribution is 6.30. The number of nitrogens with one attached hydrogen (secondary N) is 2. The van der Waals surface area contributed by atoms with Crippen LogP contribution in [0, 0.1) is 0 Å². The van der Waals surface area contributed by atoms with Gasteiger partial charge in [-0.25, -0.2) is 5.84 Å². The van der Waals surface area contributed by atoms with E-state index in [1.807, 2.05) is 38.1 Å². The van der Waals surface area contributed by atoms with Crippen LogP contribution in [-0.2, 0) is 6.42 Å². The van der Waals surface area contributed by atoms with Crippen LogP contribution in [0.1, 0.15) is 19.4 Å². The molecule has 0 aliphatic heterocycles. The first-order chi connectivity index (χ1) is 8.11. The Morgan fingerprint density at radius 2 is 2.00 bits per heavy atom. The van der Waals surface area contributed by atoms with Gasteiger partial charge in [-0.05, 0) is 38.0 Å². The van der Waals surface area contributed by atoms with Crippen molar-refractivity contribution in [1.82, 2.24) is 10.7 Å². The maximum atomic E-state index is 5.81. The van der Waals surface area contributed by atoms with Gasteiger partial charge in [0.1, 0.15) is 0 Å². The molecule has 0 atom stereocenters. The fourth-order valence-electron chi connectivity index (χ4n) is 1.35. The second-order valence-electron chi connectivity index (χ2n) is 4.05. The molecule has 4 N–H and O–H groups in total. The van der Waals surface area contributed by atoms with Gasteiger partial charge in [-0.15, -0.1) is 0 Å². The molecule has 1 rings (SSSR count). The quantitative estimate of drug-likeness (QED) is 0.332. The molecule has 0 aromatic heterocycles. The molecule has 0 unspecified atom stereocenters. The van der Waals surface area contributed by atoms with Crippen LogP contribution in [-0.4, -0.2) is 18.5 Å². The van der Waals surface area contributed by atoms with Gasteiger partial charge in [-0.1, -0.05) is 23.7 Å². The smallest absolute Gasteiger partial charge is 0.205 e. The van der Waals surface area contributed by atoms with Gasteiger partial charge in [0.05, 0.1) is 0 Å². The Morgan fingerprint density at radius 3 is 2.53 bits per heavy atom. The molecule has 5 heteroatoms. The lowest BCUT2D eigenvalue weighted by Crippen LogP contribution is -2.44. The zero-order valence-electron chi connectivity index (χ0n) is 10.2. The summed E-state index contributed by atoms with van der Waals surface area (Å²) in [6.07, 6.45) is 0.863. The van der Waals surface area contributed by atoms with Crippen molar-refractivity contribution in [1.29, 1.82) is 0 Å². The number of benzene rings is 1. The van der Waals surface area contributed by atoms with Crippen LogP contribution in [0.4, 0.5) is 0 Å². The van der Waals surface area contributed by atoms with Crippen molar-refractivity contribution < 1.29 is 0 Å². The number of hydrazine groups is 1. The lowest BCUT2D eigenvalue weighted by atomic mass is 10.1. The Kier molecular flexibility index (Phi) is 5.80. The minimum atomic E-state index is 0.306. The van der Waals surface area contributed by atoms with Gasteiger partial charge in [0.15, 0.2) is 0 Å².